The predicted molar refractivity (Wildman–Crippen MR) is 91.6 cm³/mol. The van der Waals surface area contributed by atoms with E-state index in [1.54, 1.807) is 37.3 Å². The SMILES string of the molecule is CCCCC(=O)N1CCN(C(=O)c2cc(OC)cc(OC)c2)CC1. The van der Waals surface area contributed by atoms with Crippen LogP contribution in [0.1, 0.15) is 36.5 Å². The highest BCUT2D eigenvalue weighted by atomic mass is 16.5. The fraction of sp³-hybridized carbons (Fsp3) is 0.556. The van der Waals surface area contributed by atoms with E-state index in [2.05, 4.69) is 6.92 Å². The van der Waals surface area contributed by atoms with E-state index in [1.807, 2.05) is 4.90 Å². The monoisotopic (exact) mass is 334 g/mol. The fourth-order valence-electron chi connectivity index (χ4n) is 2.76. The summed E-state index contributed by atoms with van der Waals surface area (Å²) in [7, 11) is 3.12. The summed E-state index contributed by atoms with van der Waals surface area (Å²) in [5, 5.41) is 0. The number of benzene rings is 1. The molecule has 0 saturated carbocycles. The lowest BCUT2D eigenvalue weighted by Gasteiger charge is -2.35. The Kier molecular flexibility index (Phi) is 6.46. The largest absolute Gasteiger partial charge is 0.497 e. The van der Waals surface area contributed by atoms with Crippen molar-refractivity contribution in [1.29, 1.82) is 0 Å². The summed E-state index contributed by atoms with van der Waals surface area (Å²) in [5.41, 5.74) is 0.539. The standard InChI is InChI=1S/C18H26N2O4/c1-4-5-6-17(21)19-7-9-20(10-8-19)18(22)14-11-15(23-2)13-16(12-14)24-3/h11-13H,4-10H2,1-3H3. The number of hydrogen-bond acceptors (Lipinski definition) is 4. The molecule has 1 fully saturated rings. The number of carbonyl (C=O) groups is 2. The summed E-state index contributed by atoms with van der Waals surface area (Å²) in [6, 6.07) is 5.16. The van der Waals surface area contributed by atoms with E-state index in [1.165, 1.54) is 0 Å². The van der Waals surface area contributed by atoms with Crippen molar-refractivity contribution in [2.75, 3.05) is 40.4 Å². The molecule has 24 heavy (non-hydrogen) atoms. The first-order chi connectivity index (χ1) is 11.6. The molecule has 0 radical (unpaired) electrons. The minimum atomic E-state index is -0.0622. The second-order valence-electron chi connectivity index (χ2n) is 5.88. The maximum absolute atomic E-state index is 12.7. The zero-order chi connectivity index (χ0) is 17.5. The van der Waals surface area contributed by atoms with E-state index >= 15 is 0 Å². The zero-order valence-electron chi connectivity index (χ0n) is 14.7. The third-order valence-electron chi connectivity index (χ3n) is 4.26. The second-order valence-corrected chi connectivity index (χ2v) is 5.88. The number of ether oxygens (including phenoxy) is 2. The Morgan fingerprint density at radius 2 is 1.50 bits per heavy atom. The average molecular weight is 334 g/mol. The van der Waals surface area contributed by atoms with Crippen molar-refractivity contribution < 1.29 is 19.1 Å². The molecule has 0 aliphatic carbocycles. The fourth-order valence-corrected chi connectivity index (χ4v) is 2.76. The van der Waals surface area contributed by atoms with E-state index in [4.69, 9.17) is 9.47 Å². The van der Waals surface area contributed by atoms with Gasteiger partial charge >= 0.3 is 0 Å². The van der Waals surface area contributed by atoms with Crippen LogP contribution in [-0.4, -0.2) is 62.0 Å². The highest BCUT2D eigenvalue weighted by molar-refractivity contribution is 5.95. The number of carbonyl (C=O) groups excluding carboxylic acids is 2. The number of nitrogens with zero attached hydrogens (tertiary/aromatic N) is 2. The number of amides is 2. The Labute approximate surface area is 143 Å². The van der Waals surface area contributed by atoms with Crippen molar-refractivity contribution in [1.82, 2.24) is 9.80 Å². The van der Waals surface area contributed by atoms with E-state index in [0.717, 1.165) is 12.8 Å². The van der Waals surface area contributed by atoms with Crippen molar-refractivity contribution in [3.8, 4) is 11.5 Å². The molecule has 6 heteroatoms. The zero-order valence-corrected chi connectivity index (χ0v) is 14.7. The Hall–Kier alpha value is -2.24. The molecule has 132 valence electrons. The molecule has 0 unspecified atom stereocenters. The van der Waals surface area contributed by atoms with E-state index < -0.39 is 0 Å². The molecule has 2 amide bonds. The summed E-state index contributed by atoms with van der Waals surface area (Å²) in [5.74, 6) is 1.30. The van der Waals surface area contributed by atoms with Crippen LogP contribution in [0.15, 0.2) is 18.2 Å². The number of rotatable bonds is 6. The predicted octanol–water partition coefficient (Wildman–Crippen LogP) is 2.18. The van der Waals surface area contributed by atoms with Gasteiger partial charge in [0, 0.05) is 44.2 Å². The lowest BCUT2D eigenvalue weighted by atomic mass is 10.1. The van der Waals surface area contributed by atoms with Gasteiger partial charge in [-0.15, -0.1) is 0 Å². The molecule has 1 heterocycles. The maximum atomic E-state index is 12.7. The lowest BCUT2D eigenvalue weighted by Crippen LogP contribution is -2.50. The molecule has 6 nitrogen and oxygen atoms in total. The highest BCUT2D eigenvalue weighted by Gasteiger charge is 2.25. The van der Waals surface area contributed by atoms with Gasteiger partial charge in [0.15, 0.2) is 0 Å². The van der Waals surface area contributed by atoms with E-state index in [9.17, 15) is 9.59 Å². The molecule has 1 aromatic rings. The van der Waals surface area contributed by atoms with Crippen LogP contribution in [0.25, 0.3) is 0 Å². The average Bonchev–Trinajstić information content (AvgIpc) is 2.65. The van der Waals surface area contributed by atoms with E-state index in [-0.39, 0.29) is 11.8 Å². The first-order valence-electron chi connectivity index (χ1n) is 8.39. The topological polar surface area (TPSA) is 59.1 Å². The highest BCUT2D eigenvalue weighted by Crippen LogP contribution is 2.23. The lowest BCUT2D eigenvalue weighted by molar-refractivity contribution is -0.132. The Balaban J connectivity index is 1.99. The van der Waals surface area contributed by atoms with Crippen molar-refractivity contribution in [3.05, 3.63) is 23.8 Å². The van der Waals surface area contributed by atoms with Gasteiger partial charge in [0.05, 0.1) is 14.2 Å². The van der Waals surface area contributed by atoms with Gasteiger partial charge in [-0.2, -0.15) is 0 Å². The van der Waals surface area contributed by atoms with Gasteiger partial charge in [0.1, 0.15) is 11.5 Å². The van der Waals surface area contributed by atoms with Crippen molar-refractivity contribution in [2.45, 2.75) is 26.2 Å². The van der Waals surface area contributed by atoms with E-state index in [0.29, 0.717) is 49.7 Å². The molecule has 1 aliphatic heterocycles. The number of piperazine rings is 1. The van der Waals surface area contributed by atoms with Gasteiger partial charge in [0.25, 0.3) is 5.91 Å². The number of unbranched alkanes of at least 4 members (excludes halogenated alkanes) is 1. The molecular formula is C18H26N2O4. The molecule has 0 spiro atoms. The molecular weight excluding hydrogens is 308 g/mol. The Morgan fingerprint density at radius 3 is 2.00 bits per heavy atom. The van der Waals surface area contributed by atoms with Crippen LogP contribution < -0.4 is 9.47 Å². The van der Waals surface area contributed by atoms with Crippen LogP contribution in [-0.2, 0) is 4.79 Å². The Bertz CT molecular complexity index is 558. The van der Waals surface area contributed by atoms with Crippen LogP contribution in [0.3, 0.4) is 0 Å². The molecule has 0 aromatic heterocycles. The molecule has 0 N–H and O–H groups in total. The molecule has 0 atom stereocenters. The van der Waals surface area contributed by atoms with Gasteiger partial charge in [-0.1, -0.05) is 13.3 Å². The second kappa shape index (κ2) is 8.57. The summed E-state index contributed by atoms with van der Waals surface area (Å²) >= 11 is 0. The molecule has 1 saturated heterocycles. The van der Waals surface area contributed by atoms with Gasteiger partial charge in [-0.05, 0) is 18.6 Å². The summed E-state index contributed by atoms with van der Waals surface area (Å²) in [4.78, 5) is 28.4. The molecule has 2 rings (SSSR count). The van der Waals surface area contributed by atoms with Gasteiger partial charge in [-0.25, -0.2) is 0 Å². The summed E-state index contributed by atoms with van der Waals surface area (Å²) < 4.78 is 10.4. The molecule has 1 aliphatic rings. The maximum Gasteiger partial charge on any atom is 0.254 e. The summed E-state index contributed by atoms with van der Waals surface area (Å²) in [6.45, 7) is 4.36. The van der Waals surface area contributed by atoms with Crippen molar-refractivity contribution in [2.24, 2.45) is 0 Å². The normalized spacial score (nSPS) is 14.5. The van der Waals surface area contributed by atoms with Gasteiger partial charge in [0.2, 0.25) is 5.91 Å². The van der Waals surface area contributed by atoms with Crippen molar-refractivity contribution >= 4 is 11.8 Å². The molecule has 0 bridgehead atoms. The van der Waals surface area contributed by atoms with Gasteiger partial charge < -0.3 is 19.3 Å². The van der Waals surface area contributed by atoms with Crippen molar-refractivity contribution in [3.63, 3.8) is 0 Å². The quantitative estimate of drug-likeness (QED) is 0.800. The first-order valence-corrected chi connectivity index (χ1v) is 8.39. The van der Waals surface area contributed by atoms with Crippen LogP contribution in [0, 0.1) is 0 Å². The number of methoxy groups -OCH3 is 2. The van der Waals surface area contributed by atoms with Gasteiger partial charge in [-0.3, -0.25) is 9.59 Å². The third-order valence-corrected chi connectivity index (χ3v) is 4.26. The first kappa shape index (κ1) is 18.1. The minimum absolute atomic E-state index is 0.0622. The van der Waals surface area contributed by atoms with Crippen LogP contribution in [0.5, 0.6) is 11.5 Å². The summed E-state index contributed by atoms with van der Waals surface area (Å²) in [6.07, 6.45) is 2.53. The Morgan fingerprint density at radius 1 is 0.958 bits per heavy atom. The minimum Gasteiger partial charge on any atom is -0.497 e. The molecule has 1 aromatic carbocycles. The van der Waals surface area contributed by atoms with Crippen LogP contribution in [0.2, 0.25) is 0 Å². The van der Waals surface area contributed by atoms with Crippen LogP contribution in [0.4, 0.5) is 0 Å². The third kappa shape index (κ3) is 4.40. The van der Waals surface area contributed by atoms with Crippen LogP contribution >= 0.6 is 0 Å². The smallest absolute Gasteiger partial charge is 0.254 e. The number of hydrogen-bond donors (Lipinski definition) is 0.